The van der Waals surface area contributed by atoms with Gasteiger partial charge in [0.25, 0.3) is 0 Å². The van der Waals surface area contributed by atoms with Gasteiger partial charge in [0.15, 0.2) is 5.96 Å². The Hall–Kier alpha value is -1.75. The first kappa shape index (κ1) is 20.6. The van der Waals surface area contributed by atoms with Crippen molar-refractivity contribution in [3.63, 3.8) is 0 Å². The molecule has 2 unspecified atom stereocenters. The molecule has 5 heteroatoms. The van der Waals surface area contributed by atoms with Gasteiger partial charge >= 0.3 is 0 Å². The third-order valence-electron chi connectivity index (χ3n) is 4.75. The SMILES string of the molecule is CCNC(=NCc1ccc(OC)cc1)NCC1CCCOC1C(C)(C)C. The number of guanidine groups is 1. The van der Waals surface area contributed by atoms with E-state index in [2.05, 4.69) is 50.5 Å². The number of ether oxygens (including phenoxy) is 2. The van der Waals surface area contributed by atoms with Crippen LogP contribution in [0.1, 0.15) is 46.1 Å². The third kappa shape index (κ3) is 6.20. The van der Waals surface area contributed by atoms with Crippen LogP contribution in [0.4, 0.5) is 0 Å². The Morgan fingerprint density at radius 2 is 1.96 bits per heavy atom. The largest absolute Gasteiger partial charge is 0.497 e. The molecule has 1 saturated heterocycles. The Morgan fingerprint density at radius 1 is 1.23 bits per heavy atom. The molecule has 1 aromatic rings. The van der Waals surface area contributed by atoms with Crippen LogP contribution in [-0.4, -0.2) is 38.9 Å². The monoisotopic (exact) mass is 361 g/mol. The zero-order chi connectivity index (χ0) is 19.0. The molecule has 0 radical (unpaired) electrons. The van der Waals surface area contributed by atoms with Gasteiger partial charge in [-0.05, 0) is 42.9 Å². The zero-order valence-corrected chi connectivity index (χ0v) is 17.0. The fourth-order valence-corrected chi connectivity index (χ4v) is 3.48. The summed E-state index contributed by atoms with van der Waals surface area (Å²) in [7, 11) is 1.68. The Labute approximate surface area is 158 Å². The number of hydrogen-bond donors (Lipinski definition) is 2. The van der Waals surface area contributed by atoms with E-state index in [1.165, 1.54) is 6.42 Å². The summed E-state index contributed by atoms with van der Waals surface area (Å²) in [5, 5.41) is 6.86. The van der Waals surface area contributed by atoms with Crippen LogP contribution in [0.25, 0.3) is 0 Å². The highest BCUT2D eigenvalue weighted by molar-refractivity contribution is 5.79. The van der Waals surface area contributed by atoms with Crippen molar-refractivity contribution in [2.24, 2.45) is 16.3 Å². The average molecular weight is 362 g/mol. The van der Waals surface area contributed by atoms with Gasteiger partial charge in [-0.3, -0.25) is 0 Å². The second kappa shape index (κ2) is 9.81. The number of benzene rings is 1. The van der Waals surface area contributed by atoms with E-state index in [-0.39, 0.29) is 11.5 Å². The van der Waals surface area contributed by atoms with Crippen molar-refractivity contribution < 1.29 is 9.47 Å². The number of hydrogen-bond acceptors (Lipinski definition) is 3. The second-order valence-corrected chi connectivity index (χ2v) is 7.98. The van der Waals surface area contributed by atoms with E-state index in [0.29, 0.717) is 12.5 Å². The van der Waals surface area contributed by atoms with E-state index >= 15 is 0 Å². The first-order valence-corrected chi connectivity index (χ1v) is 9.70. The molecule has 1 aromatic carbocycles. The van der Waals surface area contributed by atoms with Crippen LogP contribution in [0.15, 0.2) is 29.3 Å². The van der Waals surface area contributed by atoms with E-state index in [1.807, 2.05) is 12.1 Å². The molecule has 0 spiro atoms. The van der Waals surface area contributed by atoms with Gasteiger partial charge in [-0.15, -0.1) is 0 Å². The third-order valence-corrected chi connectivity index (χ3v) is 4.75. The first-order chi connectivity index (χ1) is 12.4. The maximum Gasteiger partial charge on any atom is 0.191 e. The van der Waals surface area contributed by atoms with Crippen LogP contribution in [-0.2, 0) is 11.3 Å². The Bertz CT molecular complexity index is 564. The van der Waals surface area contributed by atoms with Crippen molar-refractivity contribution in [1.29, 1.82) is 0 Å². The lowest BCUT2D eigenvalue weighted by atomic mass is 9.78. The van der Waals surface area contributed by atoms with E-state index in [9.17, 15) is 0 Å². The summed E-state index contributed by atoms with van der Waals surface area (Å²) < 4.78 is 11.3. The number of aliphatic imine (C=N–C) groups is 1. The molecule has 0 aromatic heterocycles. The molecule has 146 valence electrons. The summed E-state index contributed by atoms with van der Waals surface area (Å²) in [6, 6.07) is 8.05. The molecule has 1 aliphatic heterocycles. The topological polar surface area (TPSA) is 54.9 Å². The smallest absolute Gasteiger partial charge is 0.191 e. The molecule has 0 aliphatic carbocycles. The van der Waals surface area contributed by atoms with Crippen molar-refractivity contribution in [3.8, 4) is 5.75 Å². The maximum absolute atomic E-state index is 6.09. The summed E-state index contributed by atoms with van der Waals surface area (Å²) in [6.07, 6.45) is 2.62. The molecule has 2 N–H and O–H groups in total. The lowest BCUT2D eigenvalue weighted by Crippen LogP contribution is -2.47. The van der Waals surface area contributed by atoms with Crippen LogP contribution in [0, 0.1) is 11.3 Å². The normalized spacial score (nSPS) is 21.3. The molecular formula is C21H35N3O2. The number of methoxy groups -OCH3 is 1. The Morgan fingerprint density at radius 3 is 2.58 bits per heavy atom. The standard InChI is InChI=1S/C21H35N3O2/c1-6-22-20(23-14-16-9-11-18(25-5)12-10-16)24-15-17-8-7-13-26-19(17)21(2,3)4/h9-12,17,19H,6-8,13-15H2,1-5H3,(H2,22,23,24). The van der Waals surface area contributed by atoms with Crippen LogP contribution in [0.2, 0.25) is 0 Å². The number of rotatable bonds is 6. The Balaban J connectivity index is 1.95. The van der Waals surface area contributed by atoms with Crippen LogP contribution >= 0.6 is 0 Å². The molecular weight excluding hydrogens is 326 g/mol. The molecule has 1 heterocycles. The van der Waals surface area contributed by atoms with Crippen LogP contribution in [0.5, 0.6) is 5.75 Å². The van der Waals surface area contributed by atoms with E-state index in [1.54, 1.807) is 7.11 Å². The molecule has 2 atom stereocenters. The molecule has 26 heavy (non-hydrogen) atoms. The van der Waals surface area contributed by atoms with Crippen molar-refractivity contribution >= 4 is 5.96 Å². The minimum atomic E-state index is 0.158. The van der Waals surface area contributed by atoms with Crippen molar-refractivity contribution in [3.05, 3.63) is 29.8 Å². The summed E-state index contributed by atoms with van der Waals surface area (Å²) in [5.74, 6) is 2.24. The molecule has 2 rings (SSSR count). The van der Waals surface area contributed by atoms with Gasteiger partial charge in [0.2, 0.25) is 0 Å². The molecule has 1 fully saturated rings. The van der Waals surface area contributed by atoms with Gasteiger partial charge in [0.1, 0.15) is 5.75 Å². The molecule has 0 saturated carbocycles. The highest BCUT2D eigenvalue weighted by Gasteiger charge is 2.35. The highest BCUT2D eigenvalue weighted by Crippen LogP contribution is 2.33. The van der Waals surface area contributed by atoms with Crippen LogP contribution < -0.4 is 15.4 Å². The predicted molar refractivity (Wildman–Crippen MR) is 108 cm³/mol. The lowest BCUT2D eigenvalue weighted by molar-refractivity contribution is -0.0835. The fourth-order valence-electron chi connectivity index (χ4n) is 3.48. The van der Waals surface area contributed by atoms with Crippen molar-refractivity contribution in [2.75, 3.05) is 26.8 Å². The predicted octanol–water partition coefficient (Wildman–Crippen LogP) is 3.59. The van der Waals surface area contributed by atoms with Gasteiger partial charge in [-0.1, -0.05) is 32.9 Å². The fraction of sp³-hybridized carbons (Fsp3) is 0.667. The van der Waals surface area contributed by atoms with Gasteiger partial charge in [-0.25, -0.2) is 4.99 Å². The second-order valence-electron chi connectivity index (χ2n) is 7.98. The summed E-state index contributed by atoms with van der Waals surface area (Å²) in [6.45, 7) is 12.1. The average Bonchev–Trinajstić information content (AvgIpc) is 2.64. The number of nitrogens with one attached hydrogen (secondary N) is 2. The summed E-state index contributed by atoms with van der Waals surface area (Å²) in [5.41, 5.74) is 1.32. The summed E-state index contributed by atoms with van der Waals surface area (Å²) >= 11 is 0. The zero-order valence-electron chi connectivity index (χ0n) is 17.0. The van der Waals surface area contributed by atoms with E-state index < -0.39 is 0 Å². The molecule has 1 aliphatic rings. The first-order valence-electron chi connectivity index (χ1n) is 9.70. The van der Waals surface area contributed by atoms with Crippen molar-refractivity contribution in [1.82, 2.24) is 10.6 Å². The minimum absolute atomic E-state index is 0.158. The highest BCUT2D eigenvalue weighted by atomic mass is 16.5. The minimum Gasteiger partial charge on any atom is -0.497 e. The van der Waals surface area contributed by atoms with E-state index in [0.717, 1.165) is 43.4 Å². The van der Waals surface area contributed by atoms with Gasteiger partial charge < -0.3 is 20.1 Å². The van der Waals surface area contributed by atoms with Crippen molar-refractivity contribution in [2.45, 2.75) is 53.2 Å². The maximum atomic E-state index is 6.09. The van der Waals surface area contributed by atoms with Gasteiger partial charge in [-0.2, -0.15) is 0 Å². The van der Waals surface area contributed by atoms with Crippen LogP contribution in [0.3, 0.4) is 0 Å². The van der Waals surface area contributed by atoms with Gasteiger partial charge in [0.05, 0.1) is 19.8 Å². The van der Waals surface area contributed by atoms with E-state index in [4.69, 9.17) is 14.5 Å². The molecule has 5 nitrogen and oxygen atoms in total. The summed E-state index contributed by atoms with van der Waals surface area (Å²) in [4.78, 5) is 4.72. The number of nitrogens with zero attached hydrogens (tertiary/aromatic N) is 1. The molecule has 0 amide bonds. The quantitative estimate of drug-likeness (QED) is 0.600. The Kier molecular flexibility index (Phi) is 7.76. The van der Waals surface area contributed by atoms with Gasteiger partial charge in [0, 0.05) is 25.6 Å². The lowest BCUT2D eigenvalue weighted by Gasteiger charge is -2.40. The molecule has 0 bridgehead atoms.